The monoisotopic (exact) mass is 451 g/mol. The summed E-state index contributed by atoms with van der Waals surface area (Å²) in [6.07, 6.45) is 9.56. The molecule has 7 nitrogen and oxygen atoms in total. The molecule has 0 amide bonds. The molecule has 1 unspecified atom stereocenters. The summed E-state index contributed by atoms with van der Waals surface area (Å²) in [7, 11) is 0. The lowest BCUT2D eigenvalue weighted by Gasteiger charge is -2.15. The van der Waals surface area contributed by atoms with E-state index in [0.717, 1.165) is 37.2 Å². The van der Waals surface area contributed by atoms with Gasteiger partial charge in [-0.3, -0.25) is 0 Å². The number of halogens is 2. The third kappa shape index (κ3) is 5.08. The molecule has 0 saturated heterocycles. The number of aromatic nitrogens is 6. The summed E-state index contributed by atoms with van der Waals surface area (Å²) in [5.41, 5.74) is 1.83. The Balaban J connectivity index is 1.52. The highest BCUT2D eigenvalue weighted by Gasteiger charge is 2.25. The van der Waals surface area contributed by atoms with Crippen molar-refractivity contribution in [3.8, 4) is 5.69 Å². The van der Waals surface area contributed by atoms with Crippen molar-refractivity contribution >= 4 is 11.6 Å². The number of rotatable bonds is 7. The van der Waals surface area contributed by atoms with Crippen molar-refractivity contribution in [2.45, 2.75) is 52.0 Å². The first kappa shape index (κ1) is 22.6. The number of nitrogens with zero attached hydrogens (tertiary/aromatic N) is 6. The fourth-order valence-corrected chi connectivity index (χ4v) is 3.94. The molecule has 172 valence electrons. The van der Waals surface area contributed by atoms with Crippen LogP contribution < -0.4 is 5.32 Å². The van der Waals surface area contributed by atoms with Gasteiger partial charge in [-0.1, -0.05) is 30.7 Å². The van der Waals surface area contributed by atoms with Crippen LogP contribution >= 0.6 is 0 Å². The average molecular weight is 452 g/mol. The SMILES string of the molecule is C=C(CC=CC(F)=CC)C1CCCCn2nc(Nc3ccc(-n4ncnc4C)c(F)c3)nc21. The van der Waals surface area contributed by atoms with E-state index in [1.54, 1.807) is 32.1 Å². The molecule has 0 spiro atoms. The van der Waals surface area contributed by atoms with Crippen LogP contribution in [0.15, 0.2) is 60.7 Å². The molecule has 1 atom stereocenters. The largest absolute Gasteiger partial charge is 0.323 e. The molecule has 3 aromatic rings. The van der Waals surface area contributed by atoms with Gasteiger partial charge in [0.2, 0.25) is 5.95 Å². The number of anilines is 2. The van der Waals surface area contributed by atoms with Crippen LogP contribution in [-0.4, -0.2) is 29.5 Å². The van der Waals surface area contributed by atoms with E-state index in [1.807, 2.05) is 4.68 Å². The van der Waals surface area contributed by atoms with Crippen molar-refractivity contribution in [2.24, 2.45) is 0 Å². The lowest BCUT2D eigenvalue weighted by atomic mass is 9.92. The molecule has 1 aliphatic heterocycles. The van der Waals surface area contributed by atoms with Crippen LogP contribution in [0.1, 0.15) is 50.2 Å². The highest BCUT2D eigenvalue weighted by molar-refractivity contribution is 5.56. The number of aryl methyl sites for hydroxylation is 2. The molecule has 33 heavy (non-hydrogen) atoms. The van der Waals surface area contributed by atoms with E-state index < -0.39 is 5.82 Å². The van der Waals surface area contributed by atoms with Crippen molar-refractivity contribution in [3.05, 3.63) is 78.2 Å². The first-order valence-electron chi connectivity index (χ1n) is 11.0. The number of hydrogen-bond donors (Lipinski definition) is 1. The average Bonchev–Trinajstić information content (AvgIpc) is 3.34. The second-order valence-electron chi connectivity index (χ2n) is 8.01. The first-order chi connectivity index (χ1) is 16.0. The van der Waals surface area contributed by atoms with Gasteiger partial charge in [0.25, 0.3) is 0 Å². The number of benzene rings is 1. The number of hydrogen-bond acceptors (Lipinski definition) is 5. The minimum atomic E-state index is -0.430. The van der Waals surface area contributed by atoms with E-state index in [0.29, 0.717) is 29.6 Å². The summed E-state index contributed by atoms with van der Waals surface area (Å²) >= 11 is 0. The summed E-state index contributed by atoms with van der Waals surface area (Å²) < 4.78 is 31.4. The van der Waals surface area contributed by atoms with Crippen molar-refractivity contribution in [1.82, 2.24) is 29.5 Å². The van der Waals surface area contributed by atoms with E-state index in [9.17, 15) is 8.78 Å². The van der Waals surface area contributed by atoms with Gasteiger partial charge in [0.15, 0.2) is 5.82 Å². The van der Waals surface area contributed by atoms with Gasteiger partial charge < -0.3 is 5.32 Å². The Kier molecular flexibility index (Phi) is 6.76. The predicted molar refractivity (Wildman–Crippen MR) is 124 cm³/mol. The van der Waals surface area contributed by atoms with Crippen LogP contribution in [-0.2, 0) is 6.54 Å². The number of fused-ring (bicyclic) bond motifs is 1. The topological polar surface area (TPSA) is 73.5 Å². The van der Waals surface area contributed by atoms with Gasteiger partial charge in [-0.2, -0.15) is 10.1 Å². The zero-order chi connectivity index (χ0) is 23.4. The summed E-state index contributed by atoms with van der Waals surface area (Å²) in [6, 6.07) is 4.78. The first-order valence-corrected chi connectivity index (χ1v) is 11.0. The molecule has 0 bridgehead atoms. The quantitative estimate of drug-likeness (QED) is 0.369. The van der Waals surface area contributed by atoms with E-state index in [4.69, 9.17) is 4.98 Å². The summed E-state index contributed by atoms with van der Waals surface area (Å²) in [4.78, 5) is 8.74. The summed E-state index contributed by atoms with van der Waals surface area (Å²) in [6.45, 7) is 8.41. The Labute approximate surface area is 191 Å². The predicted octanol–water partition coefficient (Wildman–Crippen LogP) is 5.69. The third-order valence-electron chi connectivity index (χ3n) is 5.70. The van der Waals surface area contributed by atoms with Gasteiger partial charge in [0.05, 0.1) is 0 Å². The maximum absolute atomic E-state index is 14.7. The van der Waals surface area contributed by atoms with Crippen LogP contribution in [0.3, 0.4) is 0 Å². The minimum absolute atomic E-state index is 0.0308. The van der Waals surface area contributed by atoms with Crippen LogP contribution in [0.25, 0.3) is 5.69 Å². The molecule has 1 aromatic carbocycles. The molecule has 0 aliphatic carbocycles. The second kappa shape index (κ2) is 9.89. The van der Waals surface area contributed by atoms with Crippen LogP contribution in [0.2, 0.25) is 0 Å². The van der Waals surface area contributed by atoms with E-state index in [1.165, 1.54) is 29.2 Å². The number of nitrogens with one attached hydrogen (secondary N) is 1. The fourth-order valence-electron chi connectivity index (χ4n) is 3.94. The molecule has 1 aliphatic rings. The van der Waals surface area contributed by atoms with Crippen LogP contribution in [0, 0.1) is 12.7 Å². The zero-order valence-corrected chi connectivity index (χ0v) is 18.8. The van der Waals surface area contributed by atoms with Gasteiger partial charge in [-0.05, 0) is 57.4 Å². The smallest absolute Gasteiger partial charge is 0.246 e. The molecule has 0 radical (unpaired) electrons. The molecule has 1 N–H and O–H groups in total. The summed E-state index contributed by atoms with van der Waals surface area (Å²) in [5, 5.41) is 11.8. The molecule has 0 fully saturated rings. The van der Waals surface area contributed by atoms with E-state index in [2.05, 4.69) is 27.1 Å². The van der Waals surface area contributed by atoms with Gasteiger partial charge in [-0.15, -0.1) is 5.10 Å². The summed E-state index contributed by atoms with van der Waals surface area (Å²) in [5.74, 6) is 1.17. The maximum atomic E-state index is 14.7. The van der Waals surface area contributed by atoms with Crippen molar-refractivity contribution < 1.29 is 8.78 Å². The maximum Gasteiger partial charge on any atom is 0.246 e. The molecule has 3 heterocycles. The van der Waals surface area contributed by atoms with Crippen molar-refractivity contribution in [3.63, 3.8) is 0 Å². The van der Waals surface area contributed by atoms with Crippen molar-refractivity contribution in [1.29, 1.82) is 0 Å². The highest BCUT2D eigenvalue weighted by Crippen LogP contribution is 2.33. The van der Waals surface area contributed by atoms with Crippen molar-refractivity contribution in [2.75, 3.05) is 5.32 Å². The van der Waals surface area contributed by atoms with Gasteiger partial charge in [0.1, 0.15) is 29.5 Å². The normalized spacial score (nSPS) is 16.6. The fraction of sp³-hybridized carbons (Fsp3) is 0.333. The van der Waals surface area contributed by atoms with Crippen LogP contribution in [0.5, 0.6) is 0 Å². The zero-order valence-electron chi connectivity index (χ0n) is 18.8. The Morgan fingerprint density at radius 3 is 2.91 bits per heavy atom. The highest BCUT2D eigenvalue weighted by atomic mass is 19.1. The molecule has 4 rings (SSSR count). The Bertz CT molecular complexity index is 1210. The van der Waals surface area contributed by atoms with E-state index >= 15 is 0 Å². The molecular weight excluding hydrogens is 424 g/mol. The standard InChI is InChI=1S/C24H27F2N7/c1-4-18(25)9-7-8-16(2)20-10-5-6-13-32-23(20)30-24(31-32)29-19-11-12-22(21(26)14-19)33-17(3)27-15-28-33/h4,7,9,11-12,14-15,20H,2,5-6,8,10,13H2,1,3H3,(H,29,31). The Morgan fingerprint density at radius 2 is 2.18 bits per heavy atom. The van der Waals surface area contributed by atoms with Gasteiger partial charge >= 0.3 is 0 Å². The molecule has 2 aromatic heterocycles. The Morgan fingerprint density at radius 1 is 1.33 bits per heavy atom. The van der Waals surface area contributed by atoms with Gasteiger partial charge in [0, 0.05) is 18.2 Å². The molecule has 9 heteroatoms. The minimum Gasteiger partial charge on any atom is -0.323 e. The lowest BCUT2D eigenvalue weighted by molar-refractivity contribution is 0.575. The lowest BCUT2D eigenvalue weighted by Crippen LogP contribution is -2.08. The van der Waals surface area contributed by atoms with E-state index in [-0.39, 0.29) is 11.7 Å². The molecule has 0 saturated carbocycles. The van der Waals surface area contributed by atoms with Gasteiger partial charge in [-0.25, -0.2) is 23.1 Å². The molecular formula is C24H27F2N7. The van der Waals surface area contributed by atoms with Crippen LogP contribution in [0.4, 0.5) is 20.4 Å². The third-order valence-corrected chi connectivity index (χ3v) is 5.70. The second-order valence-corrected chi connectivity index (χ2v) is 8.01. The number of allylic oxidation sites excluding steroid dienone is 5. The Hall–Kier alpha value is -3.62.